The van der Waals surface area contributed by atoms with Gasteiger partial charge in [-0.15, -0.1) is 0 Å². The van der Waals surface area contributed by atoms with Crippen molar-refractivity contribution >= 4 is 29.0 Å². The lowest BCUT2D eigenvalue weighted by atomic mass is 10.1. The van der Waals surface area contributed by atoms with E-state index in [4.69, 9.17) is 16.3 Å². The molecule has 0 saturated carbocycles. The fourth-order valence-electron chi connectivity index (χ4n) is 2.80. The first-order valence-electron chi connectivity index (χ1n) is 8.56. The normalized spacial score (nSPS) is 15.5. The third-order valence-corrected chi connectivity index (χ3v) is 4.52. The summed E-state index contributed by atoms with van der Waals surface area (Å²) in [4.78, 5) is 19.0. The van der Waals surface area contributed by atoms with Crippen LogP contribution in [-0.2, 0) is 4.79 Å². The number of nitrogens with one attached hydrogen (secondary N) is 1. The third-order valence-electron chi connectivity index (χ3n) is 4.21. The summed E-state index contributed by atoms with van der Waals surface area (Å²) in [5.41, 5.74) is 0.653. The quantitative estimate of drug-likeness (QED) is 0.872. The molecule has 1 fully saturated rings. The maximum absolute atomic E-state index is 12.3. The molecule has 1 aliphatic heterocycles. The van der Waals surface area contributed by atoms with Gasteiger partial charge in [0.25, 0.3) is 5.91 Å². The first kappa shape index (κ1) is 17.5. The van der Waals surface area contributed by atoms with Gasteiger partial charge in [-0.1, -0.05) is 23.7 Å². The maximum atomic E-state index is 12.3. The summed E-state index contributed by atoms with van der Waals surface area (Å²) in [6.07, 6.45) is 4.72. The van der Waals surface area contributed by atoms with Crippen LogP contribution in [0.25, 0.3) is 0 Å². The molecule has 5 nitrogen and oxygen atoms in total. The predicted octanol–water partition coefficient (Wildman–Crippen LogP) is 4.13. The topological polar surface area (TPSA) is 54.5 Å². The van der Waals surface area contributed by atoms with Crippen molar-refractivity contribution in [1.82, 2.24) is 4.98 Å². The summed E-state index contributed by atoms with van der Waals surface area (Å²) in [7, 11) is 0. The fourth-order valence-corrected chi connectivity index (χ4v) is 2.98. The Morgan fingerprint density at radius 1 is 1.20 bits per heavy atom. The van der Waals surface area contributed by atoms with Gasteiger partial charge in [-0.2, -0.15) is 0 Å². The van der Waals surface area contributed by atoms with E-state index in [1.54, 1.807) is 25.3 Å². The zero-order chi connectivity index (χ0) is 17.6. The van der Waals surface area contributed by atoms with Crippen LogP contribution in [0.15, 0.2) is 42.6 Å². The molecule has 132 valence electrons. The second-order valence-electron chi connectivity index (χ2n) is 6.13. The van der Waals surface area contributed by atoms with Gasteiger partial charge in [-0.05, 0) is 50.5 Å². The van der Waals surface area contributed by atoms with Crippen molar-refractivity contribution in [2.75, 3.05) is 23.3 Å². The number of amides is 1. The van der Waals surface area contributed by atoms with Gasteiger partial charge in [0.15, 0.2) is 6.10 Å². The molecule has 1 amide bonds. The monoisotopic (exact) mass is 359 g/mol. The van der Waals surface area contributed by atoms with Gasteiger partial charge >= 0.3 is 0 Å². The molecule has 1 unspecified atom stereocenters. The standard InChI is InChI=1S/C19H22ClN3O2/c1-14(25-17-8-4-3-7-16(17)20)19(24)22-15-9-10-18(21-13-15)23-11-5-2-6-12-23/h3-4,7-10,13-14H,2,5-6,11-12H2,1H3,(H,22,24). The highest BCUT2D eigenvalue weighted by atomic mass is 35.5. The van der Waals surface area contributed by atoms with Gasteiger partial charge < -0.3 is 15.0 Å². The second kappa shape index (κ2) is 8.21. The number of nitrogens with zero attached hydrogens (tertiary/aromatic N) is 2. The van der Waals surface area contributed by atoms with Crippen molar-refractivity contribution in [3.63, 3.8) is 0 Å². The number of ether oxygens (including phenoxy) is 1. The SMILES string of the molecule is CC(Oc1ccccc1Cl)C(=O)Nc1ccc(N2CCCCC2)nc1. The highest BCUT2D eigenvalue weighted by molar-refractivity contribution is 6.32. The first-order valence-corrected chi connectivity index (χ1v) is 8.94. The zero-order valence-corrected chi connectivity index (χ0v) is 15.0. The lowest BCUT2D eigenvalue weighted by molar-refractivity contribution is -0.122. The summed E-state index contributed by atoms with van der Waals surface area (Å²) < 4.78 is 5.63. The number of aromatic nitrogens is 1. The minimum Gasteiger partial charge on any atom is -0.479 e. The second-order valence-corrected chi connectivity index (χ2v) is 6.54. The molecule has 25 heavy (non-hydrogen) atoms. The van der Waals surface area contributed by atoms with E-state index < -0.39 is 6.10 Å². The van der Waals surface area contributed by atoms with Crippen LogP contribution in [0.2, 0.25) is 5.02 Å². The lowest BCUT2D eigenvalue weighted by Gasteiger charge is -2.27. The Hall–Kier alpha value is -2.27. The molecule has 2 aromatic rings. The van der Waals surface area contributed by atoms with E-state index in [9.17, 15) is 4.79 Å². The predicted molar refractivity (Wildman–Crippen MR) is 100 cm³/mol. The average molecular weight is 360 g/mol. The number of carbonyl (C=O) groups excluding carboxylic acids is 1. The van der Waals surface area contributed by atoms with Gasteiger partial charge in [0, 0.05) is 13.1 Å². The molecule has 1 aromatic carbocycles. The number of rotatable bonds is 5. The van der Waals surface area contributed by atoms with E-state index in [1.807, 2.05) is 24.3 Å². The van der Waals surface area contributed by atoms with Gasteiger partial charge in [-0.3, -0.25) is 4.79 Å². The Balaban J connectivity index is 1.57. The zero-order valence-electron chi connectivity index (χ0n) is 14.2. The molecule has 0 aliphatic carbocycles. The molecular weight excluding hydrogens is 338 g/mol. The minimum atomic E-state index is -0.665. The van der Waals surface area contributed by atoms with Crippen molar-refractivity contribution in [2.45, 2.75) is 32.3 Å². The van der Waals surface area contributed by atoms with Crippen LogP contribution in [0.1, 0.15) is 26.2 Å². The van der Waals surface area contributed by atoms with E-state index in [0.29, 0.717) is 16.5 Å². The van der Waals surface area contributed by atoms with Crippen molar-refractivity contribution in [3.05, 3.63) is 47.6 Å². The molecule has 6 heteroatoms. The highest BCUT2D eigenvalue weighted by Crippen LogP contribution is 2.24. The Morgan fingerprint density at radius 2 is 1.96 bits per heavy atom. The van der Waals surface area contributed by atoms with Crippen LogP contribution < -0.4 is 15.0 Å². The molecule has 1 N–H and O–H groups in total. The van der Waals surface area contributed by atoms with Crippen LogP contribution in [0.5, 0.6) is 5.75 Å². The third kappa shape index (κ3) is 4.63. The van der Waals surface area contributed by atoms with Crippen molar-refractivity contribution in [3.8, 4) is 5.75 Å². The summed E-state index contributed by atoms with van der Waals surface area (Å²) in [5.74, 6) is 1.20. The summed E-state index contributed by atoms with van der Waals surface area (Å²) >= 11 is 6.05. The number of piperidine rings is 1. The Kier molecular flexibility index (Phi) is 5.76. The van der Waals surface area contributed by atoms with Gasteiger partial charge in [0.2, 0.25) is 0 Å². The van der Waals surface area contributed by atoms with E-state index >= 15 is 0 Å². The highest BCUT2D eigenvalue weighted by Gasteiger charge is 2.17. The molecular formula is C19H22ClN3O2. The number of carbonyl (C=O) groups is 1. The van der Waals surface area contributed by atoms with Crippen LogP contribution in [0.4, 0.5) is 11.5 Å². The van der Waals surface area contributed by atoms with E-state index in [2.05, 4.69) is 15.2 Å². The minimum absolute atomic E-state index is 0.243. The van der Waals surface area contributed by atoms with Gasteiger partial charge in [-0.25, -0.2) is 4.98 Å². The van der Waals surface area contributed by atoms with Crippen molar-refractivity contribution in [2.24, 2.45) is 0 Å². The lowest BCUT2D eigenvalue weighted by Crippen LogP contribution is -2.31. The Bertz CT molecular complexity index is 715. The van der Waals surface area contributed by atoms with Crippen LogP contribution in [0, 0.1) is 0 Å². The number of anilines is 2. The number of halogens is 1. The molecule has 1 atom stereocenters. The van der Waals surface area contributed by atoms with Crippen molar-refractivity contribution in [1.29, 1.82) is 0 Å². The summed E-state index contributed by atoms with van der Waals surface area (Å²) in [6.45, 7) is 3.77. The number of para-hydroxylation sites is 1. The largest absolute Gasteiger partial charge is 0.479 e. The van der Waals surface area contributed by atoms with Crippen molar-refractivity contribution < 1.29 is 9.53 Å². The first-order chi connectivity index (χ1) is 12.1. The average Bonchev–Trinajstić information content (AvgIpc) is 2.65. The van der Waals surface area contributed by atoms with Gasteiger partial charge in [0.05, 0.1) is 16.9 Å². The molecule has 1 saturated heterocycles. The smallest absolute Gasteiger partial charge is 0.265 e. The number of hydrogen-bond acceptors (Lipinski definition) is 4. The maximum Gasteiger partial charge on any atom is 0.265 e. The molecule has 0 radical (unpaired) electrons. The molecule has 0 bridgehead atoms. The molecule has 0 spiro atoms. The number of hydrogen-bond donors (Lipinski definition) is 1. The Labute approximate surface area is 153 Å². The number of pyridine rings is 1. The van der Waals surface area contributed by atoms with Crippen LogP contribution >= 0.6 is 11.6 Å². The fraction of sp³-hybridized carbons (Fsp3) is 0.368. The van der Waals surface area contributed by atoms with E-state index in [1.165, 1.54) is 19.3 Å². The summed E-state index contributed by atoms with van der Waals surface area (Å²) in [6, 6.07) is 10.9. The van der Waals surface area contributed by atoms with E-state index in [-0.39, 0.29) is 5.91 Å². The van der Waals surface area contributed by atoms with Crippen LogP contribution in [-0.4, -0.2) is 30.1 Å². The molecule has 3 rings (SSSR count). The molecule has 2 heterocycles. The molecule has 1 aliphatic rings. The van der Waals surface area contributed by atoms with E-state index in [0.717, 1.165) is 18.9 Å². The Morgan fingerprint density at radius 3 is 2.64 bits per heavy atom. The van der Waals surface area contributed by atoms with Gasteiger partial charge in [0.1, 0.15) is 11.6 Å². The number of benzene rings is 1. The summed E-state index contributed by atoms with van der Waals surface area (Å²) in [5, 5.41) is 3.30. The van der Waals surface area contributed by atoms with Crippen LogP contribution in [0.3, 0.4) is 0 Å². The molecule has 1 aromatic heterocycles.